The van der Waals surface area contributed by atoms with Crippen molar-refractivity contribution < 1.29 is 8.42 Å². The summed E-state index contributed by atoms with van der Waals surface area (Å²) in [5.41, 5.74) is 0. The lowest BCUT2D eigenvalue weighted by Gasteiger charge is -2.47. The largest absolute Gasteiger partial charge is 0.232 e. The Labute approximate surface area is 84.1 Å². The summed E-state index contributed by atoms with van der Waals surface area (Å²) in [6.07, 6.45) is 6.24. The summed E-state index contributed by atoms with van der Waals surface area (Å²) in [6.45, 7) is 0. The molecule has 2 saturated carbocycles. The molecule has 0 aromatic rings. The van der Waals surface area contributed by atoms with E-state index in [0.29, 0.717) is 11.8 Å². The molecule has 2 nitrogen and oxygen atoms in total. The zero-order chi connectivity index (χ0) is 9.47. The Hall–Kier alpha value is 0.240. The van der Waals surface area contributed by atoms with Crippen molar-refractivity contribution in [3.8, 4) is 0 Å². The Morgan fingerprint density at radius 2 is 1.92 bits per heavy atom. The fourth-order valence-corrected chi connectivity index (χ4v) is 4.34. The molecule has 4 heteroatoms. The molecule has 76 valence electrons. The Bertz CT molecular complexity index is 286. The molecule has 2 aliphatic rings. The summed E-state index contributed by atoms with van der Waals surface area (Å²) in [7, 11) is 1.98. The summed E-state index contributed by atoms with van der Waals surface area (Å²) in [4.78, 5) is 0. The topological polar surface area (TPSA) is 34.1 Å². The van der Waals surface area contributed by atoms with Crippen LogP contribution < -0.4 is 0 Å². The van der Waals surface area contributed by atoms with Crippen LogP contribution in [0.1, 0.15) is 32.1 Å². The first-order chi connectivity index (χ1) is 6.06. The van der Waals surface area contributed by atoms with E-state index in [0.717, 1.165) is 12.3 Å². The lowest BCUT2D eigenvalue weighted by molar-refractivity contribution is 0.0443. The van der Waals surface area contributed by atoms with E-state index >= 15 is 0 Å². The predicted molar refractivity (Wildman–Crippen MR) is 53.2 cm³/mol. The highest BCUT2D eigenvalue weighted by molar-refractivity contribution is 8.13. The standard InChI is InChI=1S/C9H15ClO2S/c10-13(11,12)6-8-5-7-3-1-2-4-9(7)8/h7-9H,1-6H2/t7-,8-,9-/m1/s1. The van der Waals surface area contributed by atoms with Gasteiger partial charge in [0.25, 0.3) is 0 Å². The van der Waals surface area contributed by atoms with Crippen LogP contribution in [0.15, 0.2) is 0 Å². The van der Waals surface area contributed by atoms with Crippen molar-refractivity contribution in [2.75, 3.05) is 5.75 Å². The number of hydrogen-bond donors (Lipinski definition) is 0. The molecule has 2 rings (SSSR count). The van der Waals surface area contributed by atoms with Gasteiger partial charge in [0, 0.05) is 10.7 Å². The highest BCUT2D eigenvalue weighted by Crippen LogP contribution is 2.49. The van der Waals surface area contributed by atoms with Gasteiger partial charge in [0.1, 0.15) is 0 Å². The normalized spacial score (nSPS) is 39.3. The second kappa shape index (κ2) is 3.43. The third-order valence-corrected chi connectivity index (χ3v) is 4.80. The van der Waals surface area contributed by atoms with E-state index in [9.17, 15) is 8.42 Å². The first-order valence-corrected chi connectivity index (χ1v) is 7.46. The lowest BCUT2D eigenvalue weighted by Crippen LogP contribution is -2.41. The summed E-state index contributed by atoms with van der Waals surface area (Å²) in [5.74, 6) is 2.06. The summed E-state index contributed by atoms with van der Waals surface area (Å²) in [6, 6.07) is 0. The fourth-order valence-electron chi connectivity index (χ4n) is 2.96. The molecule has 0 saturated heterocycles. The van der Waals surface area contributed by atoms with Crippen LogP contribution in [0, 0.1) is 17.8 Å². The molecule has 0 spiro atoms. The SMILES string of the molecule is O=S(=O)(Cl)C[C@H]1C[C@H]2CCCC[C@H]21. The maximum atomic E-state index is 10.9. The van der Waals surface area contributed by atoms with E-state index in [4.69, 9.17) is 10.7 Å². The van der Waals surface area contributed by atoms with Crippen LogP contribution in [-0.4, -0.2) is 14.2 Å². The third-order valence-electron chi connectivity index (χ3n) is 3.59. The van der Waals surface area contributed by atoms with Crippen LogP contribution in [0.4, 0.5) is 0 Å². The van der Waals surface area contributed by atoms with Crippen LogP contribution >= 0.6 is 10.7 Å². The first-order valence-electron chi connectivity index (χ1n) is 4.98. The molecule has 0 amide bonds. The van der Waals surface area contributed by atoms with Crippen LogP contribution in [0.2, 0.25) is 0 Å². The lowest BCUT2D eigenvalue weighted by atomic mass is 9.59. The van der Waals surface area contributed by atoms with Crippen molar-refractivity contribution in [2.45, 2.75) is 32.1 Å². The molecule has 0 aliphatic heterocycles. The van der Waals surface area contributed by atoms with Gasteiger partial charge in [-0.2, -0.15) is 0 Å². The van der Waals surface area contributed by atoms with Crippen molar-refractivity contribution in [3.05, 3.63) is 0 Å². The van der Waals surface area contributed by atoms with Gasteiger partial charge < -0.3 is 0 Å². The molecule has 0 aromatic heterocycles. The van der Waals surface area contributed by atoms with Crippen LogP contribution in [0.25, 0.3) is 0 Å². The highest BCUT2D eigenvalue weighted by Gasteiger charge is 2.43. The van der Waals surface area contributed by atoms with Crippen LogP contribution in [-0.2, 0) is 9.05 Å². The van der Waals surface area contributed by atoms with Crippen molar-refractivity contribution in [2.24, 2.45) is 17.8 Å². The zero-order valence-corrected chi connectivity index (χ0v) is 9.15. The van der Waals surface area contributed by atoms with Gasteiger partial charge >= 0.3 is 0 Å². The molecule has 2 aliphatic carbocycles. The Morgan fingerprint density at radius 3 is 2.54 bits per heavy atom. The maximum Gasteiger partial charge on any atom is 0.232 e. The van der Waals surface area contributed by atoms with Gasteiger partial charge in [0.2, 0.25) is 9.05 Å². The molecule has 0 N–H and O–H groups in total. The Balaban J connectivity index is 1.91. The van der Waals surface area contributed by atoms with Crippen molar-refractivity contribution in [1.29, 1.82) is 0 Å². The average molecular weight is 223 g/mol. The van der Waals surface area contributed by atoms with Crippen LogP contribution in [0.5, 0.6) is 0 Å². The maximum absolute atomic E-state index is 10.9. The zero-order valence-electron chi connectivity index (χ0n) is 7.58. The van der Waals surface area contributed by atoms with Gasteiger partial charge in [-0.05, 0) is 30.6 Å². The van der Waals surface area contributed by atoms with E-state index < -0.39 is 9.05 Å². The van der Waals surface area contributed by atoms with Gasteiger partial charge in [0.15, 0.2) is 0 Å². The van der Waals surface area contributed by atoms with Crippen molar-refractivity contribution in [3.63, 3.8) is 0 Å². The Kier molecular flexibility index (Phi) is 2.58. The highest BCUT2D eigenvalue weighted by atomic mass is 35.7. The Morgan fingerprint density at radius 1 is 1.23 bits per heavy atom. The molecule has 0 radical (unpaired) electrons. The van der Waals surface area contributed by atoms with E-state index in [1.54, 1.807) is 0 Å². The molecular weight excluding hydrogens is 208 g/mol. The minimum absolute atomic E-state index is 0.204. The molecule has 0 aromatic carbocycles. The van der Waals surface area contributed by atoms with Crippen molar-refractivity contribution >= 4 is 19.7 Å². The van der Waals surface area contributed by atoms with Gasteiger partial charge in [-0.1, -0.05) is 19.3 Å². The third kappa shape index (κ3) is 2.18. The molecule has 0 unspecified atom stereocenters. The summed E-state index contributed by atoms with van der Waals surface area (Å²) in [5, 5.41) is 0. The molecule has 13 heavy (non-hydrogen) atoms. The van der Waals surface area contributed by atoms with Crippen LogP contribution in [0.3, 0.4) is 0 Å². The van der Waals surface area contributed by atoms with Crippen molar-refractivity contribution in [1.82, 2.24) is 0 Å². The van der Waals surface area contributed by atoms with E-state index in [2.05, 4.69) is 0 Å². The van der Waals surface area contributed by atoms with E-state index in [-0.39, 0.29) is 5.75 Å². The number of hydrogen-bond acceptors (Lipinski definition) is 2. The molecule has 0 bridgehead atoms. The summed E-state index contributed by atoms with van der Waals surface area (Å²) < 4.78 is 21.7. The number of fused-ring (bicyclic) bond motifs is 1. The monoisotopic (exact) mass is 222 g/mol. The first kappa shape index (κ1) is 9.78. The molecule has 0 heterocycles. The average Bonchev–Trinajstić information content (AvgIpc) is 1.99. The fraction of sp³-hybridized carbons (Fsp3) is 1.00. The molecule has 3 atom stereocenters. The molecule has 2 fully saturated rings. The van der Waals surface area contributed by atoms with E-state index in [1.165, 1.54) is 25.7 Å². The second-order valence-electron chi connectivity index (χ2n) is 4.41. The minimum atomic E-state index is -3.26. The van der Waals surface area contributed by atoms with Gasteiger partial charge in [0.05, 0.1) is 5.75 Å². The minimum Gasteiger partial charge on any atom is -0.212 e. The van der Waals surface area contributed by atoms with Gasteiger partial charge in [-0.15, -0.1) is 0 Å². The summed E-state index contributed by atoms with van der Waals surface area (Å²) >= 11 is 0. The molecular formula is C9H15ClO2S. The van der Waals surface area contributed by atoms with Gasteiger partial charge in [-0.3, -0.25) is 0 Å². The predicted octanol–water partition coefficient (Wildman–Crippen LogP) is 2.38. The number of halogens is 1. The quantitative estimate of drug-likeness (QED) is 0.673. The second-order valence-corrected chi connectivity index (χ2v) is 7.23. The van der Waals surface area contributed by atoms with E-state index in [1.807, 2.05) is 0 Å². The smallest absolute Gasteiger partial charge is 0.212 e. The van der Waals surface area contributed by atoms with Gasteiger partial charge in [-0.25, -0.2) is 8.42 Å². The number of rotatable bonds is 2.